The number of aromatic nitrogens is 3. The molecule has 1 saturated heterocycles. The van der Waals surface area contributed by atoms with Gasteiger partial charge in [0.05, 0.1) is 5.92 Å². The molecule has 160 valence electrons. The van der Waals surface area contributed by atoms with E-state index in [4.69, 9.17) is 13.8 Å². The molecule has 0 saturated carbocycles. The summed E-state index contributed by atoms with van der Waals surface area (Å²) in [6.45, 7) is 9.38. The topological polar surface area (TPSA) is 129 Å². The summed E-state index contributed by atoms with van der Waals surface area (Å²) in [5.74, 6) is 0.271. The minimum Gasteiger partial charge on any atom is -0.455 e. The van der Waals surface area contributed by atoms with Gasteiger partial charge in [-0.05, 0) is 26.7 Å². The quantitative estimate of drug-likeness (QED) is 0.660. The van der Waals surface area contributed by atoms with Crippen LogP contribution in [0.15, 0.2) is 13.9 Å². The normalized spacial score (nSPS) is 16.9. The summed E-state index contributed by atoms with van der Waals surface area (Å²) in [6.07, 6.45) is 0.747. The highest BCUT2D eigenvalue weighted by Gasteiger charge is 2.36. The maximum atomic E-state index is 12.8. The molecule has 10 nitrogen and oxygen atoms in total. The van der Waals surface area contributed by atoms with Crippen LogP contribution >= 0.6 is 0 Å². The zero-order valence-electron chi connectivity index (χ0n) is 17.3. The molecule has 1 aliphatic heterocycles. The van der Waals surface area contributed by atoms with Crippen molar-refractivity contribution in [3.8, 4) is 0 Å². The lowest BCUT2D eigenvalue weighted by Crippen LogP contribution is -2.40. The second kappa shape index (κ2) is 7.86. The van der Waals surface area contributed by atoms with Gasteiger partial charge in [-0.25, -0.2) is 8.42 Å². The molecule has 0 N–H and O–H groups in total. The lowest BCUT2D eigenvalue weighted by molar-refractivity contribution is -0.152. The van der Waals surface area contributed by atoms with Gasteiger partial charge in [0.2, 0.25) is 10.0 Å². The molecule has 0 radical (unpaired) electrons. The van der Waals surface area contributed by atoms with E-state index in [1.54, 1.807) is 13.8 Å². The number of carbonyl (C=O) groups is 1. The first-order valence-corrected chi connectivity index (χ1v) is 10.9. The number of hydrogen-bond acceptors (Lipinski definition) is 9. The first-order valence-electron chi connectivity index (χ1n) is 9.43. The summed E-state index contributed by atoms with van der Waals surface area (Å²) in [5, 5.41) is 7.61. The zero-order chi connectivity index (χ0) is 21.4. The van der Waals surface area contributed by atoms with Crippen molar-refractivity contribution in [3.63, 3.8) is 0 Å². The monoisotopic (exact) mass is 426 g/mol. The van der Waals surface area contributed by atoms with Crippen molar-refractivity contribution < 1.29 is 27.0 Å². The van der Waals surface area contributed by atoms with Gasteiger partial charge >= 0.3 is 5.97 Å². The van der Waals surface area contributed by atoms with E-state index in [0.717, 1.165) is 0 Å². The van der Waals surface area contributed by atoms with Gasteiger partial charge in [0.15, 0.2) is 18.2 Å². The molecule has 0 unspecified atom stereocenters. The van der Waals surface area contributed by atoms with Gasteiger partial charge in [0, 0.05) is 18.5 Å². The van der Waals surface area contributed by atoms with E-state index in [1.165, 1.54) is 4.31 Å². The number of sulfonamides is 1. The third-order valence-corrected chi connectivity index (χ3v) is 6.97. The van der Waals surface area contributed by atoms with E-state index in [9.17, 15) is 13.2 Å². The van der Waals surface area contributed by atoms with Crippen LogP contribution in [0.25, 0.3) is 0 Å². The Hall–Kier alpha value is -2.27. The smallest absolute Gasteiger partial charge is 0.309 e. The number of hydrogen-bond donors (Lipinski definition) is 0. The number of nitrogens with zero attached hydrogens (tertiary/aromatic N) is 4. The standard InChI is InChI=1S/C18H26N4O6S/c1-11-15(12(2)27-20-11)29(24,25)22-8-6-13(7-9-22)16(23)26-10-14-19-17(21-28-14)18(3,4)5/h13H,6-10H2,1-5H3. The van der Waals surface area contributed by atoms with Crippen molar-refractivity contribution >= 4 is 16.0 Å². The Morgan fingerprint density at radius 1 is 1.17 bits per heavy atom. The summed E-state index contributed by atoms with van der Waals surface area (Å²) < 4.78 is 42.4. The Morgan fingerprint density at radius 2 is 1.83 bits per heavy atom. The molecule has 1 fully saturated rings. The molecule has 11 heteroatoms. The van der Waals surface area contributed by atoms with Crippen molar-refractivity contribution in [3.05, 3.63) is 23.2 Å². The highest BCUT2D eigenvalue weighted by atomic mass is 32.2. The molecule has 0 aromatic carbocycles. The summed E-state index contributed by atoms with van der Waals surface area (Å²) in [5.41, 5.74) is 0.0730. The molecule has 3 rings (SSSR count). The summed E-state index contributed by atoms with van der Waals surface area (Å²) in [4.78, 5) is 16.7. The number of aryl methyl sites for hydroxylation is 2. The van der Waals surface area contributed by atoms with Crippen LogP contribution in [0.5, 0.6) is 0 Å². The molecule has 1 aliphatic rings. The SMILES string of the molecule is Cc1noc(C)c1S(=O)(=O)N1CCC(C(=O)OCc2nc(C(C)(C)C)no2)CC1. The van der Waals surface area contributed by atoms with E-state index in [0.29, 0.717) is 24.4 Å². The predicted molar refractivity (Wildman–Crippen MR) is 100 cm³/mol. The maximum absolute atomic E-state index is 12.8. The molecule has 0 amide bonds. The number of ether oxygens (including phenoxy) is 1. The summed E-state index contributed by atoms with van der Waals surface area (Å²) >= 11 is 0. The van der Waals surface area contributed by atoms with E-state index >= 15 is 0 Å². The molecule has 0 aliphatic carbocycles. The van der Waals surface area contributed by atoms with Gasteiger partial charge < -0.3 is 13.8 Å². The molecule has 0 atom stereocenters. The van der Waals surface area contributed by atoms with Crippen molar-refractivity contribution in [1.82, 2.24) is 19.6 Å². The summed E-state index contributed by atoms with van der Waals surface area (Å²) in [6, 6.07) is 0. The van der Waals surface area contributed by atoms with E-state index in [1.807, 2.05) is 20.8 Å². The Kier molecular flexibility index (Phi) is 5.81. The largest absolute Gasteiger partial charge is 0.455 e. The minimum absolute atomic E-state index is 0.0977. The fourth-order valence-electron chi connectivity index (χ4n) is 3.17. The Labute approximate surface area is 169 Å². The second-order valence-electron chi connectivity index (χ2n) is 8.20. The Balaban J connectivity index is 1.55. The average molecular weight is 426 g/mol. The molecular formula is C18H26N4O6S. The van der Waals surface area contributed by atoms with Crippen LogP contribution in [0.3, 0.4) is 0 Å². The Bertz CT molecular complexity index is 961. The van der Waals surface area contributed by atoms with Gasteiger partial charge in [-0.1, -0.05) is 31.1 Å². The van der Waals surface area contributed by atoms with E-state index < -0.39 is 16.0 Å². The Morgan fingerprint density at radius 3 is 2.34 bits per heavy atom. The fraction of sp³-hybridized carbons (Fsp3) is 0.667. The van der Waals surface area contributed by atoms with Gasteiger partial charge in [-0.15, -0.1) is 0 Å². The second-order valence-corrected chi connectivity index (χ2v) is 10.1. The van der Waals surface area contributed by atoms with E-state index in [2.05, 4.69) is 15.3 Å². The van der Waals surface area contributed by atoms with Crippen LogP contribution in [0.2, 0.25) is 0 Å². The predicted octanol–water partition coefficient (Wildman–Crippen LogP) is 2.12. The summed E-state index contributed by atoms with van der Waals surface area (Å²) in [7, 11) is -3.70. The third-order valence-electron chi connectivity index (χ3n) is 4.83. The average Bonchev–Trinajstić information content (AvgIpc) is 3.26. The molecule has 29 heavy (non-hydrogen) atoms. The molecule has 0 bridgehead atoms. The van der Waals surface area contributed by atoms with Crippen LogP contribution in [-0.2, 0) is 31.6 Å². The molecule has 2 aromatic heterocycles. The first kappa shape index (κ1) is 21.4. The van der Waals surface area contributed by atoms with Crippen molar-refractivity contribution in [2.75, 3.05) is 13.1 Å². The highest BCUT2D eigenvalue weighted by molar-refractivity contribution is 7.89. The van der Waals surface area contributed by atoms with Crippen LogP contribution < -0.4 is 0 Å². The fourth-order valence-corrected chi connectivity index (χ4v) is 4.93. The lowest BCUT2D eigenvalue weighted by Gasteiger charge is -2.29. The number of esters is 1. The van der Waals surface area contributed by atoms with Crippen LogP contribution in [-0.4, -0.2) is 47.1 Å². The number of rotatable bonds is 5. The lowest BCUT2D eigenvalue weighted by atomic mass is 9.96. The molecule has 3 heterocycles. The molecule has 0 spiro atoms. The number of piperidine rings is 1. The number of carbonyl (C=O) groups excluding carboxylic acids is 1. The highest BCUT2D eigenvalue weighted by Crippen LogP contribution is 2.28. The zero-order valence-corrected chi connectivity index (χ0v) is 18.1. The van der Waals surface area contributed by atoms with Crippen LogP contribution in [0.4, 0.5) is 0 Å². The van der Waals surface area contributed by atoms with Crippen LogP contribution in [0, 0.1) is 19.8 Å². The van der Waals surface area contributed by atoms with Gasteiger partial charge in [0.25, 0.3) is 5.89 Å². The van der Waals surface area contributed by atoms with Gasteiger partial charge in [0.1, 0.15) is 10.6 Å². The van der Waals surface area contributed by atoms with Gasteiger partial charge in [-0.3, -0.25) is 4.79 Å². The molecular weight excluding hydrogens is 400 g/mol. The van der Waals surface area contributed by atoms with Crippen molar-refractivity contribution in [1.29, 1.82) is 0 Å². The third kappa shape index (κ3) is 4.50. The molecule has 2 aromatic rings. The minimum atomic E-state index is -3.70. The van der Waals surface area contributed by atoms with Gasteiger partial charge in [-0.2, -0.15) is 9.29 Å². The maximum Gasteiger partial charge on any atom is 0.309 e. The van der Waals surface area contributed by atoms with Crippen molar-refractivity contribution in [2.24, 2.45) is 5.92 Å². The first-order chi connectivity index (χ1) is 13.5. The van der Waals surface area contributed by atoms with E-state index in [-0.39, 0.29) is 47.6 Å². The van der Waals surface area contributed by atoms with Crippen LogP contribution in [0.1, 0.15) is 56.8 Å². The van der Waals surface area contributed by atoms with Crippen molar-refractivity contribution in [2.45, 2.75) is 64.4 Å².